The van der Waals surface area contributed by atoms with E-state index in [1.165, 1.54) is 12.9 Å². The SMILES string of the molecule is CN1CS(=O)c2cc(C(C)(C=C=O)C(=O)O)ccc21. The normalized spacial score (nSPS) is 20.3. The fraction of sp³-hybridized carbons (Fsp3) is 0.308. The van der Waals surface area contributed by atoms with Gasteiger partial charge in [-0.2, -0.15) is 0 Å². The van der Waals surface area contributed by atoms with Crippen LogP contribution < -0.4 is 4.90 Å². The van der Waals surface area contributed by atoms with Gasteiger partial charge < -0.3 is 10.0 Å². The lowest BCUT2D eigenvalue weighted by molar-refractivity contribution is -0.141. The number of benzene rings is 1. The maximum Gasteiger partial charge on any atom is 0.318 e. The highest BCUT2D eigenvalue weighted by Crippen LogP contribution is 2.35. The van der Waals surface area contributed by atoms with E-state index in [1.54, 1.807) is 18.2 Å². The second kappa shape index (κ2) is 4.64. The summed E-state index contributed by atoms with van der Waals surface area (Å²) in [6.07, 6.45) is 0.971. The predicted molar refractivity (Wildman–Crippen MR) is 71.4 cm³/mol. The van der Waals surface area contributed by atoms with Gasteiger partial charge in [0.15, 0.2) is 0 Å². The number of carbonyl (C=O) groups excluding carboxylic acids is 1. The molecule has 0 spiro atoms. The van der Waals surface area contributed by atoms with Crippen molar-refractivity contribution < 1.29 is 18.9 Å². The quantitative estimate of drug-likeness (QED) is 0.833. The van der Waals surface area contributed by atoms with E-state index in [2.05, 4.69) is 0 Å². The summed E-state index contributed by atoms with van der Waals surface area (Å²) in [5.74, 6) is 0.783. The topological polar surface area (TPSA) is 74.7 Å². The molecule has 1 N–H and O–H groups in total. The number of hydrogen-bond acceptors (Lipinski definition) is 4. The first kappa shape index (κ1) is 13.5. The predicted octanol–water partition coefficient (Wildman–Crippen LogP) is 0.932. The minimum absolute atomic E-state index is 0.395. The highest BCUT2D eigenvalue weighted by Gasteiger charge is 2.35. The first-order valence-corrected chi connectivity index (χ1v) is 6.91. The van der Waals surface area contributed by atoms with E-state index in [0.29, 0.717) is 16.3 Å². The van der Waals surface area contributed by atoms with Crippen LogP contribution in [0.3, 0.4) is 0 Å². The number of anilines is 1. The molecule has 1 aromatic rings. The van der Waals surface area contributed by atoms with Crippen LogP contribution in [0.4, 0.5) is 5.69 Å². The zero-order chi connectivity index (χ0) is 14.2. The molecule has 6 heteroatoms. The Morgan fingerprint density at radius 3 is 2.84 bits per heavy atom. The van der Waals surface area contributed by atoms with E-state index < -0.39 is 22.2 Å². The van der Waals surface area contributed by atoms with Gasteiger partial charge in [-0.25, -0.2) is 4.79 Å². The Balaban J connectivity index is 2.59. The van der Waals surface area contributed by atoms with E-state index in [0.717, 1.165) is 11.8 Å². The van der Waals surface area contributed by atoms with Crippen LogP contribution in [0, 0.1) is 0 Å². The van der Waals surface area contributed by atoms with Crippen molar-refractivity contribution in [2.75, 3.05) is 17.8 Å². The molecule has 1 heterocycles. The van der Waals surface area contributed by atoms with Crippen molar-refractivity contribution in [1.29, 1.82) is 0 Å². The van der Waals surface area contributed by atoms with Crippen LogP contribution in [0.25, 0.3) is 0 Å². The second-order valence-electron chi connectivity index (χ2n) is 4.62. The first-order valence-electron chi connectivity index (χ1n) is 5.59. The summed E-state index contributed by atoms with van der Waals surface area (Å²) in [5, 5.41) is 9.29. The van der Waals surface area contributed by atoms with Gasteiger partial charge in [0.2, 0.25) is 0 Å². The molecule has 5 nitrogen and oxygen atoms in total. The van der Waals surface area contributed by atoms with Crippen molar-refractivity contribution in [3.8, 4) is 0 Å². The van der Waals surface area contributed by atoms with Crippen LogP contribution >= 0.6 is 0 Å². The van der Waals surface area contributed by atoms with Crippen LogP contribution in [-0.4, -0.2) is 34.2 Å². The Hall–Kier alpha value is -1.91. The number of nitrogens with zero attached hydrogens (tertiary/aromatic N) is 1. The molecule has 0 saturated heterocycles. The van der Waals surface area contributed by atoms with Crippen molar-refractivity contribution in [1.82, 2.24) is 0 Å². The average molecular weight is 279 g/mol. The molecule has 0 fully saturated rings. The summed E-state index contributed by atoms with van der Waals surface area (Å²) >= 11 is 0. The van der Waals surface area contributed by atoms with E-state index in [4.69, 9.17) is 0 Å². The standard InChI is InChI=1S/C13H13NO4S/c1-13(5-6-15,12(16)17)9-3-4-10-11(7-9)19(18)8-14(10)2/h3-5,7H,8H2,1-2H3,(H,16,17). The largest absolute Gasteiger partial charge is 0.480 e. The van der Waals surface area contributed by atoms with Crippen molar-refractivity contribution >= 4 is 28.4 Å². The molecule has 1 aromatic carbocycles. The van der Waals surface area contributed by atoms with E-state index in [-0.39, 0.29) is 0 Å². The zero-order valence-electron chi connectivity index (χ0n) is 10.5. The van der Waals surface area contributed by atoms with Crippen molar-refractivity contribution in [2.24, 2.45) is 0 Å². The van der Waals surface area contributed by atoms with Gasteiger partial charge in [0, 0.05) is 13.1 Å². The maximum atomic E-state index is 11.9. The molecule has 0 aromatic heterocycles. The molecule has 0 radical (unpaired) electrons. The number of carboxylic acids is 1. The molecule has 19 heavy (non-hydrogen) atoms. The molecule has 0 aliphatic carbocycles. The van der Waals surface area contributed by atoms with Gasteiger partial charge in [-0.1, -0.05) is 6.07 Å². The Kier molecular flexibility index (Phi) is 3.30. The van der Waals surface area contributed by atoms with Gasteiger partial charge in [0.1, 0.15) is 11.4 Å². The van der Waals surface area contributed by atoms with Crippen LogP contribution in [-0.2, 0) is 25.8 Å². The number of aliphatic carboxylic acids is 1. The Bertz CT molecular complexity index is 617. The average Bonchev–Trinajstić information content (AvgIpc) is 2.64. The third-order valence-corrected chi connectivity index (χ3v) is 4.76. The highest BCUT2D eigenvalue weighted by atomic mass is 32.2. The summed E-state index contributed by atoms with van der Waals surface area (Å²) in [6.45, 7) is 1.42. The third kappa shape index (κ3) is 2.09. The molecule has 0 amide bonds. The van der Waals surface area contributed by atoms with Crippen LogP contribution in [0.5, 0.6) is 0 Å². The number of hydrogen-bond donors (Lipinski definition) is 1. The van der Waals surface area contributed by atoms with Gasteiger partial charge >= 0.3 is 5.97 Å². The van der Waals surface area contributed by atoms with Gasteiger partial charge in [-0.05, 0) is 24.6 Å². The van der Waals surface area contributed by atoms with Crippen molar-refractivity contribution in [2.45, 2.75) is 17.2 Å². The summed E-state index contributed by atoms with van der Waals surface area (Å²) in [7, 11) is 0.655. The lowest BCUT2D eigenvalue weighted by Gasteiger charge is -2.20. The van der Waals surface area contributed by atoms with Crippen LogP contribution in [0.2, 0.25) is 0 Å². The van der Waals surface area contributed by atoms with Gasteiger partial charge in [-0.15, -0.1) is 0 Å². The fourth-order valence-electron chi connectivity index (χ4n) is 2.04. The van der Waals surface area contributed by atoms with Gasteiger partial charge in [0.25, 0.3) is 0 Å². The molecular formula is C13H13NO4S. The van der Waals surface area contributed by atoms with Crippen LogP contribution in [0.15, 0.2) is 29.2 Å². The molecular weight excluding hydrogens is 266 g/mol. The summed E-state index contributed by atoms with van der Waals surface area (Å²) in [5.41, 5.74) is -0.210. The number of carbonyl (C=O) groups is 1. The number of fused-ring (bicyclic) bond motifs is 1. The first-order chi connectivity index (χ1) is 8.90. The zero-order valence-corrected chi connectivity index (χ0v) is 11.4. The summed E-state index contributed by atoms with van der Waals surface area (Å²) in [6, 6.07) is 4.96. The molecule has 1 aliphatic rings. The van der Waals surface area contributed by atoms with Crippen LogP contribution in [0.1, 0.15) is 12.5 Å². The van der Waals surface area contributed by atoms with E-state index in [9.17, 15) is 18.9 Å². The molecule has 0 bridgehead atoms. The summed E-state index contributed by atoms with van der Waals surface area (Å²) in [4.78, 5) is 24.4. The lowest BCUT2D eigenvalue weighted by Crippen LogP contribution is -2.30. The lowest BCUT2D eigenvalue weighted by atomic mass is 9.82. The molecule has 2 unspecified atom stereocenters. The van der Waals surface area contributed by atoms with E-state index in [1.807, 2.05) is 11.9 Å². The Morgan fingerprint density at radius 1 is 1.58 bits per heavy atom. The monoisotopic (exact) mass is 279 g/mol. The van der Waals surface area contributed by atoms with Gasteiger partial charge in [0.05, 0.1) is 27.3 Å². The molecule has 100 valence electrons. The molecule has 2 rings (SSSR count). The smallest absolute Gasteiger partial charge is 0.318 e. The third-order valence-electron chi connectivity index (χ3n) is 3.32. The molecule has 2 atom stereocenters. The number of rotatable bonds is 3. The second-order valence-corrected chi connectivity index (χ2v) is 6.01. The summed E-state index contributed by atoms with van der Waals surface area (Å²) < 4.78 is 11.9. The fourth-order valence-corrected chi connectivity index (χ4v) is 3.38. The van der Waals surface area contributed by atoms with Gasteiger partial charge in [-0.3, -0.25) is 9.00 Å². The van der Waals surface area contributed by atoms with E-state index >= 15 is 0 Å². The Labute approximate surface area is 113 Å². The molecule has 0 saturated carbocycles. The van der Waals surface area contributed by atoms with Crippen molar-refractivity contribution in [3.63, 3.8) is 0 Å². The van der Waals surface area contributed by atoms with Crippen molar-refractivity contribution in [3.05, 3.63) is 29.8 Å². The minimum Gasteiger partial charge on any atom is -0.480 e. The Morgan fingerprint density at radius 2 is 2.26 bits per heavy atom. The maximum absolute atomic E-state index is 11.9. The minimum atomic E-state index is -1.46. The number of carboxylic acid groups (broad SMARTS) is 1. The highest BCUT2D eigenvalue weighted by molar-refractivity contribution is 7.85. The molecule has 1 aliphatic heterocycles.